The van der Waals surface area contributed by atoms with E-state index in [0.29, 0.717) is 6.54 Å². The van der Waals surface area contributed by atoms with Crippen molar-refractivity contribution < 1.29 is 4.79 Å². The summed E-state index contributed by atoms with van der Waals surface area (Å²) in [5.74, 6) is 0.00626. The minimum absolute atomic E-state index is 0. The second kappa shape index (κ2) is 8.74. The molecule has 1 aromatic heterocycles. The topological polar surface area (TPSA) is 41.1 Å². The number of likely N-dealkylation sites (N-methyl/N-ethyl adjacent to an activating group) is 1. The van der Waals surface area contributed by atoms with E-state index >= 15 is 0 Å². The fourth-order valence-corrected chi connectivity index (χ4v) is 2.68. The Morgan fingerprint density at radius 2 is 1.90 bits per heavy atom. The van der Waals surface area contributed by atoms with Crippen molar-refractivity contribution in [3.63, 3.8) is 0 Å². The highest BCUT2D eigenvalue weighted by Crippen LogP contribution is 2.27. The lowest BCUT2D eigenvalue weighted by atomic mass is 10.1. The molecular formula is C15H19ClN2OS. The van der Waals surface area contributed by atoms with Gasteiger partial charge in [0.05, 0.1) is 4.88 Å². The molecule has 2 aromatic rings. The van der Waals surface area contributed by atoms with Crippen molar-refractivity contribution >= 4 is 29.7 Å². The van der Waals surface area contributed by atoms with E-state index in [9.17, 15) is 4.79 Å². The van der Waals surface area contributed by atoms with Gasteiger partial charge in [-0.1, -0.05) is 37.3 Å². The first kappa shape index (κ1) is 16.7. The van der Waals surface area contributed by atoms with Crippen molar-refractivity contribution in [2.24, 2.45) is 0 Å². The van der Waals surface area contributed by atoms with Gasteiger partial charge >= 0.3 is 0 Å². The highest BCUT2D eigenvalue weighted by molar-refractivity contribution is 7.12. The van der Waals surface area contributed by atoms with Crippen LogP contribution in [0, 0.1) is 0 Å². The maximum atomic E-state index is 12.1. The van der Waals surface area contributed by atoms with Gasteiger partial charge in [-0.15, -0.1) is 23.7 Å². The van der Waals surface area contributed by atoms with Crippen LogP contribution in [0.5, 0.6) is 0 Å². The Morgan fingerprint density at radius 3 is 2.60 bits per heavy atom. The van der Waals surface area contributed by atoms with E-state index in [0.717, 1.165) is 29.1 Å². The zero-order valence-electron chi connectivity index (χ0n) is 11.4. The summed E-state index contributed by atoms with van der Waals surface area (Å²) in [6.45, 7) is 4.42. The van der Waals surface area contributed by atoms with Crippen LogP contribution in [-0.4, -0.2) is 25.5 Å². The SMILES string of the molecule is CCNCCNC(=O)c1sccc1-c1ccccc1.Cl. The number of benzene rings is 1. The van der Waals surface area contributed by atoms with Gasteiger partial charge in [0.15, 0.2) is 0 Å². The predicted molar refractivity (Wildman–Crippen MR) is 87.9 cm³/mol. The summed E-state index contributed by atoms with van der Waals surface area (Å²) in [6.07, 6.45) is 0. The highest BCUT2D eigenvalue weighted by atomic mass is 35.5. The van der Waals surface area contributed by atoms with E-state index in [1.54, 1.807) is 0 Å². The molecular weight excluding hydrogens is 292 g/mol. The van der Waals surface area contributed by atoms with Crippen LogP contribution in [0.1, 0.15) is 16.6 Å². The summed E-state index contributed by atoms with van der Waals surface area (Å²) in [7, 11) is 0. The number of rotatable bonds is 6. The third kappa shape index (κ3) is 4.34. The second-order valence-electron chi connectivity index (χ2n) is 4.14. The average Bonchev–Trinajstić information content (AvgIpc) is 2.94. The van der Waals surface area contributed by atoms with Gasteiger partial charge in [0.25, 0.3) is 5.91 Å². The Hall–Kier alpha value is -1.36. The molecule has 1 heterocycles. The first-order valence-corrected chi connectivity index (χ1v) is 7.32. The van der Waals surface area contributed by atoms with E-state index in [1.165, 1.54) is 11.3 Å². The molecule has 2 N–H and O–H groups in total. The van der Waals surface area contributed by atoms with E-state index in [2.05, 4.69) is 17.6 Å². The molecule has 0 unspecified atom stereocenters. The zero-order chi connectivity index (χ0) is 13.5. The van der Waals surface area contributed by atoms with Crippen molar-refractivity contribution in [2.75, 3.05) is 19.6 Å². The van der Waals surface area contributed by atoms with Crippen molar-refractivity contribution in [3.05, 3.63) is 46.7 Å². The van der Waals surface area contributed by atoms with Crippen molar-refractivity contribution in [2.45, 2.75) is 6.92 Å². The Morgan fingerprint density at radius 1 is 1.15 bits per heavy atom. The van der Waals surface area contributed by atoms with Gasteiger partial charge in [-0.25, -0.2) is 0 Å². The molecule has 0 atom stereocenters. The molecule has 0 saturated carbocycles. The van der Waals surface area contributed by atoms with Gasteiger partial charge < -0.3 is 10.6 Å². The predicted octanol–water partition coefficient (Wildman–Crippen LogP) is 3.18. The molecule has 0 bridgehead atoms. The van der Waals surface area contributed by atoms with Crippen molar-refractivity contribution in [3.8, 4) is 11.1 Å². The molecule has 108 valence electrons. The number of carbonyl (C=O) groups excluding carboxylic acids is 1. The third-order valence-corrected chi connectivity index (χ3v) is 3.71. The number of amides is 1. The molecule has 1 amide bonds. The first-order valence-electron chi connectivity index (χ1n) is 6.44. The van der Waals surface area contributed by atoms with Crippen molar-refractivity contribution in [1.82, 2.24) is 10.6 Å². The number of nitrogens with one attached hydrogen (secondary N) is 2. The summed E-state index contributed by atoms with van der Waals surface area (Å²) in [5.41, 5.74) is 2.09. The molecule has 0 aliphatic rings. The Kier molecular flexibility index (Phi) is 7.30. The summed E-state index contributed by atoms with van der Waals surface area (Å²) in [4.78, 5) is 12.9. The molecule has 0 spiro atoms. The number of halogens is 1. The summed E-state index contributed by atoms with van der Waals surface area (Å²) < 4.78 is 0. The maximum absolute atomic E-state index is 12.1. The molecule has 5 heteroatoms. The normalized spacial score (nSPS) is 9.85. The molecule has 1 aromatic carbocycles. The summed E-state index contributed by atoms with van der Waals surface area (Å²) in [5, 5.41) is 8.08. The van der Waals surface area contributed by atoms with Crippen LogP contribution in [0.2, 0.25) is 0 Å². The van der Waals surface area contributed by atoms with Gasteiger partial charge in [0, 0.05) is 18.7 Å². The van der Waals surface area contributed by atoms with Crippen LogP contribution in [0.4, 0.5) is 0 Å². The number of thiophene rings is 1. The van der Waals surface area contributed by atoms with Crippen LogP contribution >= 0.6 is 23.7 Å². The maximum Gasteiger partial charge on any atom is 0.262 e. The van der Waals surface area contributed by atoms with Crippen LogP contribution in [0.15, 0.2) is 41.8 Å². The monoisotopic (exact) mass is 310 g/mol. The first-order chi connectivity index (χ1) is 9.33. The third-order valence-electron chi connectivity index (χ3n) is 2.79. The zero-order valence-corrected chi connectivity index (χ0v) is 13.0. The van der Waals surface area contributed by atoms with Gasteiger partial charge in [-0.3, -0.25) is 4.79 Å². The van der Waals surface area contributed by atoms with Gasteiger partial charge in [-0.05, 0) is 23.6 Å². The van der Waals surface area contributed by atoms with E-state index in [4.69, 9.17) is 0 Å². The second-order valence-corrected chi connectivity index (χ2v) is 5.05. The quantitative estimate of drug-likeness (QED) is 0.805. The van der Waals surface area contributed by atoms with Gasteiger partial charge in [0.2, 0.25) is 0 Å². The summed E-state index contributed by atoms with van der Waals surface area (Å²) in [6, 6.07) is 12.0. The fourth-order valence-electron chi connectivity index (χ4n) is 1.85. The van der Waals surface area contributed by atoms with Gasteiger partial charge in [-0.2, -0.15) is 0 Å². The lowest BCUT2D eigenvalue weighted by Crippen LogP contribution is -2.31. The number of hydrogen-bond acceptors (Lipinski definition) is 3. The minimum Gasteiger partial charge on any atom is -0.350 e. The smallest absolute Gasteiger partial charge is 0.262 e. The van der Waals surface area contributed by atoms with E-state index < -0.39 is 0 Å². The van der Waals surface area contributed by atoms with Crippen LogP contribution in [0.25, 0.3) is 11.1 Å². The summed E-state index contributed by atoms with van der Waals surface area (Å²) >= 11 is 1.48. The van der Waals surface area contributed by atoms with Crippen LogP contribution < -0.4 is 10.6 Å². The largest absolute Gasteiger partial charge is 0.350 e. The molecule has 0 fully saturated rings. The average molecular weight is 311 g/mol. The Bertz CT molecular complexity index is 528. The van der Waals surface area contributed by atoms with Crippen molar-refractivity contribution in [1.29, 1.82) is 0 Å². The minimum atomic E-state index is 0. The molecule has 0 radical (unpaired) electrons. The Labute approximate surface area is 129 Å². The molecule has 0 aliphatic carbocycles. The van der Waals surface area contributed by atoms with Crippen LogP contribution in [-0.2, 0) is 0 Å². The van der Waals surface area contributed by atoms with E-state index in [1.807, 2.05) is 41.8 Å². The van der Waals surface area contributed by atoms with Gasteiger partial charge in [0.1, 0.15) is 0 Å². The number of carbonyl (C=O) groups is 1. The molecule has 0 aliphatic heterocycles. The molecule has 20 heavy (non-hydrogen) atoms. The lowest BCUT2D eigenvalue weighted by Gasteiger charge is -2.06. The lowest BCUT2D eigenvalue weighted by molar-refractivity contribution is 0.0958. The molecule has 0 saturated heterocycles. The highest BCUT2D eigenvalue weighted by Gasteiger charge is 2.13. The molecule has 2 rings (SSSR count). The molecule has 3 nitrogen and oxygen atoms in total. The standard InChI is InChI=1S/C15H18N2OS.ClH/c1-2-16-9-10-17-15(18)14-13(8-11-19-14)12-6-4-3-5-7-12;/h3-8,11,16H,2,9-10H2,1H3,(H,17,18);1H. The number of hydrogen-bond donors (Lipinski definition) is 2. The van der Waals surface area contributed by atoms with E-state index in [-0.39, 0.29) is 18.3 Å². The fraction of sp³-hybridized carbons (Fsp3) is 0.267. The Balaban J connectivity index is 0.00000200. The van der Waals surface area contributed by atoms with Crippen LogP contribution in [0.3, 0.4) is 0 Å².